The molecule has 0 aromatic heterocycles. The van der Waals surface area contributed by atoms with Crippen molar-refractivity contribution < 1.29 is 4.21 Å². The van der Waals surface area contributed by atoms with Gasteiger partial charge in [-0.25, -0.2) is 8.51 Å². The summed E-state index contributed by atoms with van der Waals surface area (Å²) < 4.78 is 13.6. The van der Waals surface area contributed by atoms with Gasteiger partial charge in [0.15, 0.2) is 0 Å². The van der Waals surface area contributed by atoms with E-state index in [1.165, 1.54) is 0 Å². The third-order valence-corrected chi connectivity index (χ3v) is 4.52. The summed E-state index contributed by atoms with van der Waals surface area (Å²) in [6.45, 7) is 8.36. The summed E-state index contributed by atoms with van der Waals surface area (Å²) in [5, 5.41) is 3.29. The maximum Gasteiger partial charge on any atom is 0.0940 e. The largest absolute Gasteiger partial charge is 0.314 e. The fourth-order valence-electron chi connectivity index (χ4n) is 1.99. The van der Waals surface area contributed by atoms with E-state index in [2.05, 4.69) is 14.5 Å². The van der Waals surface area contributed by atoms with Crippen LogP contribution in [0.1, 0.15) is 6.92 Å². The Bertz CT molecular complexity index is 212. The molecule has 0 aliphatic carbocycles. The Hall–Kier alpha value is 0.0300. The summed E-state index contributed by atoms with van der Waals surface area (Å²) in [4.78, 5) is 2.51. The Morgan fingerprint density at radius 1 is 1.29 bits per heavy atom. The first kappa shape index (κ1) is 10.5. The Kier molecular flexibility index (Phi) is 3.54. The maximum absolute atomic E-state index is 11.5. The van der Waals surface area contributed by atoms with Crippen LogP contribution in [0.3, 0.4) is 0 Å². The Labute approximate surface area is 88.2 Å². The molecule has 0 aromatic carbocycles. The zero-order chi connectivity index (χ0) is 9.97. The first-order chi connectivity index (χ1) is 6.81. The predicted octanol–water partition coefficient (Wildman–Crippen LogP) is -0.741. The van der Waals surface area contributed by atoms with Crippen molar-refractivity contribution in [2.24, 2.45) is 0 Å². The first-order valence-electron chi connectivity index (χ1n) is 5.39. The zero-order valence-corrected chi connectivity index (χ0v) is 9.55. The summed E-state index contributed by atoms with van der Waals surface area (Å²) in [5.41, 5.74) is 0. The molecule has 0 radical (unpaired) electrons. The van der Waals surface area contributed by atoms with Gasteiger partial charge < -0.3 is 5.32 Å². The average Bonchev–Trinajstić information content (AvgIpc) is 2.15. The highest BCUT2D eigenvalue weighted by Gasteiger charge is 2.28. The van der Waals surface area contributed by atoms with Crippen molar-refractivity contribution in [3.8, 4) is 0 Å². The van der Waals surface area contributed by atoms with Gasteiger partial charge in [0.1, 0.15) is 0 Å². The van der Waals surface area contributed by atoms with E-state index in [0.717, 1.165) is 51.1 Å². The quantitative estimate of drug-likeness (QED) is 0.676. The van der Waals surface area contributed by atoms with Gasteiger partial charge in [-0.3, -0.25) is 4.90 Å². The molecule has 14 heavy (non-hydrogen) atoms. The van der Waals surface area contributed by atoms with Gasteiger partial charge in [-0.2, -0.15) is 0 Å². The number of rotatable bonds is 3. The SMILES string of the molecule is CCS(=O)N1CCN(C2CNC2)CC1. The molecule has 0 aromatic rings. The third-order valence-electron chi connectivity index (χ3n) is 3.08. The minimum atomic E-state index is -0.734. The van der Waals surface area contributed by atoms with Crippen LogP contribution in [0.2, 0.25) is 0 Å². The molecule has 2 saturated heterocycles. The van der Waals surface area contributed by atoms with Gasteiger partial charge in [0.05, 0.1) is 11.0 Å². The van der Waals surface area contributed by atoms with Gasteiger partial charge in [0.25, 0.3) is 0 Å². The second kappa shape index (κ2) is 4.70. The molecule has 0 saturated carbocycles. The monoisotopic (exact) mass is 217 g/mol. The molecule has 82 valence electrons. The van der Waals surface area contributed by atoms with Crippen LogP contribution < -0.4 is 5.32 Å². The van der Waals surface area contributed by atoms with Gasteiger partial charge in [-0.1, -0.05) is 6.92 Å². The lowest BCUT2D eigenvalue weighted by Crippen LogP contribution is -2.61. The van der Waals surface area contributed by atoms with Crippen molar-refractivity contribution in [2.45, 2.75) is 13.0 Å². The number of nitrogens with one attached hydrogen (secondary N) is 1. The highest BCUT2D eigenvalue weighted by atomic mass is 32.2. The Balaban J connectivity index is 1.76. The molecule has 2 aliphatic rings. The van der Waals surface area contributed by atoms with E-state index in [-0.39, 0.29) is 0 Å². The molecular formula is C9H19N3OS. The van der Waals surface area contributed by atoms with Crippen LogP contribution in [0.25, 0.3) is 0 Å². The molecule has 1 unspecified atom stereocenters. The molecule has 2 rings (SSSR count). The topological polar surface area (TPSA) is 35.6 Å². The summed E-state index contributed by atoms with van der Waals surface area (Å²) in [5.74, 6) is 0.755. The molecule has 2 heterocycles. The maximum atomic E-state index is 11.5. The van der Waals surface area contributed by atoms with E-state index in [4.69, 9.17) is 0 Å². The molecule has 2 fully saturated rings. The molecular weight excluding hydrogens is 198 g/mol. The van der Waals surface area contributed by atoms with Gasteiger partial charge >= 0.3 is 0 Å². The van der Waals surface area contributed by atoms with Crippen LogP contribution in [0, 0.1) is 0 Å². The van der Waals surface area contributed by atoms with E-state index in [9.17, 15) is 4.21 Å². The van der Waals surface area contributed by atoms with E-state index < -0.39 is 11.0 Å². The molecule has 1 N–H and O–H groups in total. The molecule has 5 heteroatoms. The lowest BCUT2D eigenvalue weighted by Gasteiger charge is -2.42. The van der Waals surface area contributed by atoms with Crippen molar-refractivity contribution >= 4 is 11.0 Å². The summed E-state index contributed by atoms with van der Waals surface area (Å²) in [6.07, 6.45) is 0. The lowest BCUT2D eigenvalue weighted by atomic mass is 10.1. The number of piperazine rings is 1. The Morgan fingerprint density at radius 3 is 2.36 bits per heavy atom. The smallest absolute Gasteiger partial charge is 0.0940 e. The van der Waals surface area contributed by atoms with Crippen LogP contribution in [0.5, 0.6) is 0 Å². The molecule has 1 atom stereocenters. The molecule has 0 bridgehead atoms. The van der Waals surface area contributed by atoms with E-state index >= 15 is 0 Å². The second-order valence-corrected chi connectivity index (χ2v) is 5.62. The van der Waals surface area contributed by atoms with Gasteiger partial charge in [-0.15, -0.1) is 0 Å². The Morgan fingerprint density at radius 2 is 1.93 bits per heavy atom. The number of hydrogen-bond acceptors (Lipinski definition) is 3. The minimum absolute atomic E-state index is 0.734. The highest BCUT2D eigenvalue weighted by molar-refractivity contribution is 7.82. The van der Waals surface area contributed by atoms with E-state index in [0.29, 0.717) is 0 Å². The zero-order valence-electron chi connectivity index (χ0n) is 8.74. The molecule has 4 nitrogen and oxygen atoms in total. The van der Waals surface area contributed by atoms with Crippen molar-refractivity contribution in [3.63, 3.8) is 0 Å². The first-order valence-corrected chi connectivity index (χ1v) is 6.67. The van der Waals surface area contributed by atoms with Crippen molar-refractivity contribution in [1.82, 2.24) is 14.5 Å². The van der Waals surface area contributed by atoms with Gasteiger partial charge in [0.2, 0.25) is 0 Å². The highest BCUT2D eigenvalue weighted by Crippen LogP contribution is 2.10. The van der Waals surface area contributed by atoms with Crippen molar-refractivity contribution in [1.29, 1.82) is 0 Å². The van der Waals surface area contributed by atoms with Crippen LogP contribution in [-0.2, 0) is 11.0 Å². The normalized spacial score (nSPS) is 28.6. The fourth-order valence-corrected chi connectivity index (χ4v) is 2.92. The fraction of sp³-hybridized carbons (Fsp3) is 1.00. The van der Waals surface area contributed by atoms with Crippen molar-refractivity contribution in [2.75, 3.05) is 45.0 Å². The van der Waals surface area contributed by atoms with Gasteiger partial charge in [-0.05, 0) is 0 Å². The summed E-state index contributed by atoms with van der Waals surface area (Å²) in [7, 11) is -0.734. The minimum Gasteiger partial charge on any atom is -0.314 e. The predicted molar refractivity (Wildman–Crippen MR) is 58.5 cm³/mol. The van der Waals surface area contributed by atoms with E-state index in [1.54, 1.807) is 0 Å². The summed E-state index contributed by atoms with van der Waals surface area (Å²) in [6, 6.07) is 0.743. The second-order valence-electron chi connectivity index (χ2n) is 3.89. The van der Waals surface area contributed by atoms with Crippen molar-refractivity contribution in [3.05, 3.63) is 0 Å². The average molecular weight is 217 g/mol. The van der Waals surface area contributed by atoms with Gasteiger partial charge in [0, 0.05) is 51.1 Å². The summed E-state index contributed by atoms with van der Waals surface area (Å²) >= 11 is 0. The molecule has 0 spiro atoms. The van der Waals surface area contributed by atoms with Crippen LogP contribution in [0.15, 0.2) is 0 Å². The van der Waals surface area contributed by atoms with Crippen LogP contribution in [-0.4, -0.2) is 64.5 Å². The molecule has 0 amide bonds. The van der Waals surface area contributed by atoms with E-state index in [1.807, 2.05) is 6.92 Å². The van der Waals surface area contributed by atoms with Crippen LogP contribution in [0.4, 0.5) is 0 Å². The number of hydrogen-bond donors (Lipinski definition) is 1. The van der Waals surface area contributed by atoms with Crippen LogP contribution >= 0.6 is 0 Å². The molecule has 2 aliphatic heterocycles. The lowest BCUT2D eigenvalue weighted by molar-refractivity contribution is 0.105. The standard InChI is InChI=1S/C9H19N3OS/c1-2-14(13)12-5-3-11(4-6-12)9-7-10-8-9/h9-10H,2-8H2,1H3. The number of nitrogens with zero attached hydrogens (tertiary/aromatic N) is 2. The third kappa shape index (κ3) is 2.16.